The molecular formula is C26H34N4O3S. The van der Waals surface area contributed by atoms with Crippen molar-refractivity contribution < 1.29 is 17.1 Å². The average Bonchev–Trinajstić information content (AvgIpc) is 3.33. The van der Waals surface area contributed by atoms with Crippen molar-refractivity contribution in [2.45, 2.75) is 44.4 Å². The van der Waals surface area contributed by atoms with Crippen LogP contribution >= 0.6 is 0 Å². The Labute approximate surface area is 205 Å². The minimum atomic E-state index is -1.02. The van der Waals surface area contributed by atoms with Gasteiger partial charge in [0.25, 0.3) is 0 Å². The SMILES string of the molecule is CCNCc1ccc(-c2cc(-c3nc(-c4ccc(S(=O)C(C)C)cc4)cnc3C)on2)cc1.O.[HH].[HH]. The summed E-state index contributed by atoms with van der Waals surface area (Å²) >= 11 is 0. The number of aryl methyl sites for hydroxylation is 1. The van der Waals surface area contributed by atoms with Gasteiger partial charge in [0.2, 0.25) is 0 Å². The van der Waals surface area contributed by atoms with Crippen LogP contribution in [0, 0.1) is 6.92 Å². The lowest BCUT2D eigenvalue weighted by Crippen LogP contribution is -2.11. The molecule has 0 fully saturated rings. The number of aromatic nitrogens is 3. The van der Waals surface area contributed by atoms with E-state index in [2.05, 4.69) is 34.5 Å². The van der Waals surface area contributed by atoms with Crippen LogP contribution in [0.25, 0.3) is 34.0 Å². The Kier molecular flexibility index (Phi) is 8.44. The number of benzene rings is 2. The first-order valence-electron chi connectivity index (χ1n) is 11.1. The van der Waals surface area contributed by atoms with Crippen molar-refractivity contribution in [1.82, 2.24) is 20.4 Å². The lowest BCUT2D eigenvalue weighted by molar-refractivity contribution is 0.433. The fraction of sp³-hybridized carbons (Fsp3) is 0.269. The van der Waals surface area contributed by atoms with Crippen LogP contribution in [-0.4, -0.2) is 36.6 Å². The smallest absolute Gasteiger partial charge is 0.187 e. The molecule has 1 atom stereocenters. The van der Waals surface area contributed by atoms with Crippen molar-refractivity contribution in [3.8, 4) is 34.0 Å². The summed E-state index contributed by atoms with van der Waals surface area (Å²) in [7, 11) is -1.02. The summed E-state index contributed by atoms with van der Waals surface area (Å²) < 4.78 is 18.0. The number of rotatable bonds is 8. The van der Waals surface area contributed by atoms with E-state index in [1.807, 2.05) is 63.2 Å². The Morgan fingerprint density at radius 1 is 1.03 bits per heavy atom. The van der Waals surface area contributed by atoms with Crippen LogP contribution < -0.4 is 5.32 Å². The molecule has 0 bridgehead atoms. The predicted octanol–water partition coefficient (Wildman–Crippen LogP) is 5.07. The molecule has 3 N–H and O–H groups in total. The molecule has 0 saturated carbocycles. The van der Waals surface area contributed by atoms with Crippen LogP contribution in [0.2, 0.25) is 0 Å². The average molecular weight is 483 g/mol. The molecule has 0 spiro atoms. The van der Waals surface area contributed by atoms with Gasteiger partial charge in [-0.3, -0.25) is 9.19 Å². The zero-order valence-electron chi connectivity index (χ0n) is 19.8. The molecule has 2 aromatic carbocycles. The molecule has 2 aromatic heterocycles. The van der Waals surface area contributed by atoms with E-state index in [-0.39, 0.29) is 13.6 Å². The summed E-state index contributed by atoms with van der Waals surface area (Å²) in [6, 6.07) is 17.8. The summed E-state index contributed by atoms with van der Waals surface area (Å²) in [6.45, 7) is 9.68. The Hall–Kier alpha value is -3.20. The van der Waals surface area contributed by atoms with E-state index in [9.17, 15) is 4.21 Å². The fourth-order valence-corrected chi connectivity index (χ4v) is 4.39. The predicted molar refractivity (Wildman–Crippen MR) is 140 cm³/mol. The molecule has 7 nitrogen and oxygen atoms in total. The highest BCUT2D eigenvalue weighted by atomic mass is 32.2. The van der Waals surface area contributed by atoms with Gasteiger partial charge < -0.3 is 15.3 Å². The zero-order chi connectivity index (χ0) is 23.4. The molecule has 0 aliphatic heterocycles. The minimum absolute atomic E-state index is 0. The summed E-state index contributed by atoms with van der Waals surface area (Å²) in [5, 5.41) is 7.65. The van der Waals surface area contributed by atoms with Crippen molar-refractivity contribution in [3.05, 3.63) is 72.1 Å². The maximum Gasteiger partial charge on any atom is 0.187 e. The first-order valence-corrected chi connectivity index (χ1v) is 12.3. The molecule has 0 saturated heterocycles. The first-order chi connectivity index (χ1) is 16.0. The van der Waals surface area contributed by atoms with E-state index >= 15 is 0 Å². The molecule has 0 aliphatic carbocycles. The van der Waals surface area contributed by atoms with Gasteiger partial charge in [-0.2, -0.15) is 0 Å². The summed E-state index contributed by atoms with van der Waals surface area (Å²) in [5.74, 6) is 0.575. The number of nitrogens with one attached hydrogen (secondary N) is 1. The highest BCUT2D eigenvalue weighted by Gasteiger charge is 2.15. The van der Waals surface area contributed by atoms with E-state index < -0.39 is 10.8 Å². The Morgan fingerprint density at radius 2 is 1.68 bits per heavy atom. The van der Waals surface area contributed by atoms with Crippen LogP contribution in [0.4, 0.5) is 0 Å². The third-order valence-corrected chi connectivity index (χ3v) is 6.93. The second kappa shape index (κ2) is 11.3. The van der Waals surface area contributed by atoms with Gasteiger partial charge in [0.15, 0.2) is 5.76 Å². The van der Waals surface area contributed by atoms with Gasteiger partial charge in [-0.1, -0.05) is 62.3 Å². The molecule has 2 heterocycles. The minimum Gasteiger partial charge on any atom is -0.412 e. The third-order valence-electron chi connectivity index (χ3n) is 5.34. The molecule has 182 valence electrons. The highest BCUT2D eigenvalue weighted by Crippen LogP contribution is 2.29. The monoisotopic (exact) mass is 482 g/mol. The van der Waals surface area contributed by atoms with Gasteiger partial charge in [0, 0.05) is 36.7 Å². The van der Waals surface area contributed by atoms with Crippen molar-refractivity contribution >= 4 is 10.8 Å². The lowest BCUT2D eigenvalue weighted by atomic mass is 10.1. The molecule has 0 amide bonds. The quantitative estimate of drug-likeness (QED) is 0.375. The highest BCUT2D eigenvalue weighted by molar-refractivity contribution is 7.85. The Bertz CT molecular complexity index is 1260. The van der Waals surface area contributed by atoms with E-state index in [1.54, 1.807) is 6.20 Å². The van der Waals surface area contributed by atoms with E-state index in [1.165, 1.54) is 5.56 Å². The molecule has 4 aromatic rings. The topological polar surface area (TPSA) is 112 Å². The van der Waals surface area contributed by atoms with E-state index in [4.69, 9.17) is 9.51 Å². The van der Waals surface area contributed by atoms with Crippen LogP contribution in [0.15, 0.2) is 70.2 Å². The van der Waals surface area contributed by atoms with Gasteiger partial charge in [-0.15, -0.1) is 0 Å². The van der Waals surface area contributed by atoms with E-state index in [0.717, 1.165) is 46.2 Å². The molecule has 34 heavy (non-hydrogen) atoms. The van der Waals surface area contributed by atoms with Gasteiger partial charge in [-0.25, -0.2) is 4.98 Å². The molecular weight excluding hydrogens is 448 g/mol. The van der Waals surface area contributed by atoms with Crippen LogP contribution in [0.3, 0.4) is 0 Å². The van der Waals surface area contributed by atoms with Crippen LogP contribution in [-0.2, 0) is 17.3 Å². The van der Waals surface area contributed by atoms with E-state index in [0.29, 0.717) is 11.5 Å². The molecule has 0 radical (unpaired) electrons. The molecule has 8 heteroatoms. The fourth-order valence-electron chi connectivity index (χ4n) is 3.44. The summed E-state index contributed by atoms with van der Waals surface area (Å²) in [5.41, 5.74) is 6.02. The largest absolute Gasteiger partial charge is 0.412 e. The molecule has 4 rings (SSSR count). The lowest BCUT2D eigenvalue weighted by Gasteiger charge is -2.08. The Morgan fingerprint density at radius 3 is 2.32 bits per heavy atom. The van der Waals surface area contributed by atoms with Crippen molar-refractivity contribution in [3.63, 3.8) is 0 Å². The third kappa shape index (κ3) is 5.64. The zero-order valence-corrected chi connectivity index (χ0v) is 20.6. The van der Waals surface area contributed by atoms with Gasteiger partial charge in [-0.05, 0) is 31.2 Å². The van der Waals surface area contributed by atoms with Crippen molar-refractivity contribution in [1.29, 1.82) is 0 Å². The second-order valence-electron chi connectivity index (χ2n) is 8.11. The van der Waals surface area contributed by atoms with Crippen molar-refractivity contribution in [2.24, 2.45) is 0 Å². The van der Waals surface area contributed by atoms with Gasteiger partial charge in [0.05, 0.1) is 28.4 Å². The second-order valence-corrected chi connectivity index (χ2v) is 10.1. The summed E-state index contributed by atoms with van der Waals surface area (Å²) in [6.07, 6.45) is 1.74. The standard InChI is InChI=1S/C26H28N4O2S.H2O.2H2/c1-5-27-15-19-6-8-20(9-7-19)23-14-25(32-30-23)26-18(4)28-16-24(29-26)21-10-12-22(13-11-21)33(31)17(2)3;;;/h6-14,16-17,27H,5,15H2,1-4H3;1H2;2*1H. The number of hydrogen-bond donors (Lipinski definition) is 1. The first kappa shape index (κ1) is 25.4. The van der Waals surface area contributed by atoms with Crippen molar-refractivity contribution in [2.75, 3.05) is 6.54 Å². The maximum atomic E-state index is 12.3. The maximum absolute atomic E-state index is 12.3. The normalized spacial score (nSPS) is 11.9. The number of hydrogen-bond acceptors (Lipinski definition) is 6. The Balaban J connectivity index is 0.00000216. The van der Waals surface area contributed by atoms with Gasteiger partial charge in [0.1, 0.15) is 11.4 Å². The summed E-state index contributed by atoms with van der Waals surface area (Å²) in [4.78, 5) is 10.1. The van der Waals surface area contributed by atoms with Gasteiger partial charge >= 0.3 is 0 Å². The van der Waals surface area contributed by atoms with Crippen LogP contribution in [0.5, 0.6) is 0 Å². The van der Waals surface area contributed by atoms with Crippen LogP contribution in [0.1, 0.15) is 34.9 Å². The molecule has 0 aliphatic rings. The number of nitrogens with zero attached hydrogens (tertiary/aromatic N) is 3. The molecule has 1 unspecified atom stereocenters.